The lowest BCUT2D eigenvalue weighted by molar-refractivity contribution is -1.03. The van der Waals surface area contributed by atoms with Crippen molar-refractivity contribution in [3.05, 3.63) is 21.1 Å². The number of hydrogen-bond acceptors (Lipinski definition) is 12. The lowest BCUT2D eigenvalue weighted by atomic mass is 10.1. The Bertz CT molecular complexity index is 1240. The number of nitrogens with zero attached hydrogens (tertiary/aromatic N) is 10. The van der Waals surface area contributed by atoms with Crippen LogP contribution >= 0.6 is 46.4 Å². The van der Waals surface area contributed by atoms with Gasteiger partial charge in [0.15, 0.2) is 0 Å². The largest absolute Gasteiger partial charge is 0.542 e. The van der Waals surface area contributed by atoms with Crippen LogP contribution in [0.1, 0.15) is 0 Å². The van der Waals surface area contributed by atoms with Gasteiger partial charge in [-0.1, -0.05) is 0 Å². The third-order valence-corrected chi connectivity index (χ3v) is 8.32. The molecule has 2 aromatic heterocycles. The molecular weight excluding hydrogens is 724 g/mol. The molecule has 0 aromatic carbocycles. The topological polar surface area (TPSA) is 164 Å². The van der Waals surface area contributed by atoms with Crippen LogP contribution < -0.4 is 20.0 Å². The van der Waals surface area contributed by atoms with Crippen LogP contribution in [0.2, 0.25) is 21.1 Å². The summed E-state index contributed by atoms with van der Waals surface area (Å²) in [5.41, 5.74) is 0. The number of alkyl halides is 6. The van der Waals surface area contributed by atoms with Crippen LogP contribution in [0, 0.1) is 0 Å². The number of carboxylic acids is 2. The van der Waals surface area contributed by atoms with Crippen molar-refractivity contribution in [2.75, 3.05) is 88.3 Å². The maximum absolute atomic E-state index is 10.5. The standard InChI is InChI=1S/C18H24Cl4N10.2C2HF3O2/c19-13-23-14(20)26-17(25-13)29-1-5-31(6-2-29)9-11-32(12-10-31)7-3-30(4-8-32)18-27-15(21)24-16(22)28-18;2*3-2(4,5)1(6)7/h1-12H2;2*(H,6,7)/q+2;;/p-2. The van der Waals surface area contributed by atoms with Gasteiger partial charge in [-0.05, 0) is 46.4 Å². The van der Waals surface area contributed by atoms with E-state index >= 15 is 0 Å². The van der Waals surface area contributed by atoms with Gasteiger partial charge in [0.05, 0.1) is 52.4 Å². The number of aliphatic carboxylic acids is 2. The van der Waals surface area contributed by atoms with Crippen LogP contribution in [0.15, 0.2) is 0 Å². The van der Waals surface area contributed by atoms with Gasteiger partial charge in [0.25, 0.3) is 0 Å². The van der Waals surface area contributed by atoms with Gasteiger partial charge in [-0.25, -0.2) is 0 Å². The van der Waals surface area contributed by atoms with E-state index in [2.05, 4.69) is 39.7 Å². The number of carbonyl (C=O) groups is 2. The van der Waals surface area contributed by atoms with Crippen molar-refractivity contribution in [1.29, 1.82) is 0 Å². The molecule has 0 aliphatic carbocycles. The minimum Gasteiger partial charge on any atom is -0.542 e. The van der Waals surface area contributed by atoms with Gasteiger partial charge in [0, 0.05) is 0 Å². The average Bonchev–Trinajstić information content (AvgIpc) is 2.94. The fourth-order valence-corrected chi connectivity index (χ4v) is 5.77. The molecule has 0 atom stereocenters. The number of halogens is 10. The molecule has 3 saturated heterocycles. The van der Waals surface area contributed by atoms with Gasteiger partial charge in [-0.2, -0.15) is 56.2 Å². The second kappa shape index (κ2) is 15.0. The zero-order valence-electron chi connectivity index (χ0n) is 23.4. The summed E-state index contributed by atoms with van der Waals surface area (Å²) in [7, 11) is 0. The van der Waals surface area contributed by atoms with Crippen LogP contribution in [-0.4, -0.2) is 142 Å². The molecule has 5 rings (SSSR count). The van der Waals surface area contributed by atoms with E-state index in [4.69, 9.17) is 66.2 Å². The third kappa shape index (κ3) is 10.6. The van der Waals surface area contributed by atoms with Crippen LogP contribution in [-0.2, 0) is 9.59 Å². The molecular formula is C22H24Cl4F6N10O4. The first-order valence-electron chi connectivity index (χ1n) is 13.1. The molecule has 0 N–H and O–H groups in total. The Balaban J connectivity index is 0.000000345. The van der Waals surface area contributed by atoms with Gasteiger partial charge in [0.1, 0.15) is 38.1 Å². The zero-order valence-corrected chi connectivity index (χ0v) is 26.4. The molecule has 2 spiro atoms. The Labute approximate surface area is 276 Å². The van der Waals surface area contributed by atoms with Gasteiger partial charge < -0.3 is 38.6 Å². The first-order valence-corrected chi connectivity index (χ1v) is 14.6. The number of anilines is 2. The lowest BCUT2D eigenvalue weighted by Crippen LogP contribution is -2.73. The van der Waals surface area contributed by atoms with Gasteiger partial charge in [-0.15, -0.1) is 0 Å². The molecule has 0 unspecified atom stereocenters. The normalized spacial score (nSPS) is 19.1. The highest BCUT2D eigenvalue weighted by Gasteiger charge is 2.45. The van der Waals surface area contributed by atoms with Crippen LogP contribution in [0.4, 0.5) is 38.2 Å². The molecule has 3 aliphatic heterocycles. The molecule has 256 valence electrons. The average molecular weight is 748 g/mol. The van der Waals surface area contributed by atoms with Gasteiger partial charge in [-0.3, -0.25) is 0 Å². The highest BCUT2D eigenvalue weighted by molar-refractivity contribution is 6.31. The first kappa shape index (κ1) is 37.7. The summed E-state index contributed by atoms with van der Waals surface area (Å²) < 4.78 is 65.4. The maximum atomic E-state index is 10.5. The molecule has 2 aromatic rings. The molecule has 0 amide bonds. The molecule has 14 nitrogen and oxygen atoms in total. The number of aromatic nitrogens is 6. The predicted molar refractivity (Wildman–Crippen MR) is 146 cm³/mol. The summed E-state index contributed by atoms with van der Waals surface area (Å²) in [5.74, 6) is -4.87. The van der Waals surface area contributed by atoms with Gasteiger partial charge >= 0.3 is 12.4 Å². The van der Waals surface area contributed by atoms with Crippen LogP contribution in [0.25, 0.3) is 0 Å². The molecule has 3 fully saturated rings. The van der Waals surface area contributed by atoms with Crippen molar-refractivity contribution < 1.29 is 55.1 Å². The van der Waals surface area contributed by atoms with E-state index in [1.54, 1.807) is 0 Å². The Kier molecular flexibility index (Phi) is 12.3. The minimum atomic E-state index is -5.19. The van der Waals surface area contributed by atoms with Crippen molar-refractivity contribution in [1.82, 2.24) is 29.9 Å². The highest BCUT2D eigenvalue weighted by atomic mass is 35.5. The number of carboxylic acid groups (broad SMARTS) is 2. The zero-order chi connectivity index (χ0) is 34.5. The smallest absolute Gasteiger partial charge is 0.430 e. The Morgan fingerprint density at radius 1 is 0.522 bits per heavy atom. The van der Waals surface area contributed by atoms with E-state index in [1.165, 1.54) is 26.2 Å². The summed E-state index contributed by atoms with van der Waals surface area (Å²) in [6.45, 7) is 12.7. The molecule has 0 radical (unpaired) electrons. The van der Waals surface area contributed by atoms with Crippen molar-refractivity contribution in [2.24, 2.45) is 0 Å². The Morgan fingerprint density at radius 3 is 0.935 bits per heavy atom. The molecule has 0 saturated carbocycles. The number of rotatable bonds is 2. The van der Waals surface area contributed by atoms with Crippen molar-refractivity contribution >= 4 is 70.2 Å². The summed E-state index contributed by atoms with van der Waals surface area (Å²) in [6.07, 6.45) is -10.4. The maximum Gasteiger partial charge on any atom is 0.430 e. The van der Waals surface area contributed by atoms with Crippen LogP contribution in [0.5, 0.6) is 0 Å². The van der Waals surface area contributed by atoms with E-state index < -0.39 is 24.3 Å². The fourth-order valence-electron chi connectivity index (χ4n) is 5.06. The summed E-state index contributed by atoms with van der Waals surface area (Å²) in [6, 6.07) is 0. The van der Waals surface area contributed by atoms with Crippen molar-refractivity contribution in [3.8, 4) is 0 Å². The van der Waals surface area contributed by atoms with Gasteiger partial charge in [0.2, 0.25) is 33.0 Å². The van der Waals surface area contributed by atoms with Crippen molar-refractivity contribution in [2.45, 2.75) is 12.4 Å². The Morgan fingerprint density at radius 2 is 0.739 bits per heavy atom. The predicted octanol–water partition coefficient (Wildman–Crippen LogP) is 0.255. The number of hydrogen-bond donors (Lipinski definition) is 0. The quantitative estimate of drug-likeness (QED) is 0.305. The number of quaternary nitrogens is 2. The molecule has 24 heteroatoms. The molecule has 3 aliphatic rings. The number of carbonyl (C=O) groups excluding carboxylic acids is 2. The second-order valence-corrected chi connectivity index (χ2v) is 11.7. The fraction of sp³-hybridized carbons (Fsp3) is 0.636. The summed E-state index contributed by atoms with van der Waals surface area (Å²) in [4.78, 5) is 46.5. The number of piperazine rings is 3. The summed E-state index contributed by atoms with van der Waals surface area (Å²) >= 11 is 23.8. The van der Waals surface area contributed by atoms with E-state index in [0.29, 0.717) is 11.9 Å². The highest BCUT2D eigenvalue weighted by Crippen LogP contribution is 2.27. The van der Waals surface area contributed by atoms with Crippen molar-refractivity contribution in [3.63, 3.8) is 0 Å². The molecule has 46 heavy (non-hydrogen) atoms. The summed E-state index contributed by atoms with van der Waals surface area (Å²) in [5, 5.41) is 18.1. The van der Waals surface area contributed by atoms with E-state index in [9.17, 15) is 26.3 Å². The lowest BCUT2D eigenvalue weighted by Gasteiger charge is -2.54. The SMILES string of the molecule is Clc1nc(Cl)nc(N2CC[N+]3(CC2)CC[N+]2(CCN(c4nc(Cl)nc(Cl)n4)CC2)CC3)n1.O=C([O-])C(F)(F)F.O=C([O-])C(F)(F)F. The van der Waals surface area contributed by atoms with E-state index in [1.807, 2.05) is 0 Å². The molecule has 0 bridgehead atoms. The van der Waals surface area contributed by atoms with E-state index in [0.717, 1.165) is 61.3 Å². The molecule has 5 heterocycles. The Hall–Kier alpha value is -2.78. The third-order valence-electron chi connectivity index (χ3n) is 7.64. The van der Waals surface area contributed by atoms with Crippen LogP contribution in [0.3, 0.4) is 0 Å². The first-order chi connectivity index (χ1) is 21.2. The minimum absolute atomic E-state index is 0.139. The van der Waals surface area contributed by atoms with E-state index in [-0.39, 0.29) is 21.1 Å². The second-order valence-electron chi connectivity index (χ2n) is 10.4. The monoisotopic (exact) mass is 746 g/mol.